The van der Waals surface area contributed by atoms with Gasteiger partial charge in [0.1, 0.15) is 18.1 Å². The second kappa shape index (κ2) is 16.8. The zero-order chi connectivity index (χ0) is 42.4. The largest absolute Gasteiger partial charge is 0.494 e. The quantitative estimate of drug-likeness (QED) is 0.0892. The maximum atomic E-state index is 15.2. The Hall–Kier alpha value is -5.68. The summed E-state index contributed by atoms with van der Waals surface area (Å²) in [6, 6.07) is 23.1. The van der Waals surface area contributed by atoms with Crippen LogP contribution in [0.3, 0.4) is 0 Å². The van der Waals surface area contributed by atoms with E-state index < -0.39 is 5.97 Å². The number of carbonyl (C=O) groups excluding carboxylic acids is 2. The monoisotopic (exact) mass is 843 g/mol. The van der Waals surface area contributed by atoms with Crippen LogP contribution in [-0.2, 0) is 36.2 Å². The molecule has 8 rings (SSSR count). The van der Waals surface area contributed by atoms with E-state index in [1.165, 1.54) is 7.11 Å². The van der Waals surface area contributed by atoms with Gasteiger partial charge >= 0.3 is 5.97 Å². The number of methoxy groups -OCH3 is 1. The van der Waals surface area contributed by atoms with Gasteiger partial charge in [0.15, 0.2) is 5.82 Å². The molecule has 0 unspecified atom stereocenters. The highest BCUT2D eigenvalue weighted by atomic mass is 35.5. The normalized spacial score (nSPS) is 14.0. The van der Waals surface area contributed by atoms with Gasteiger partial charge in [-0.3, -0.25) is 4.79 Å². The Labute approximate surface area is 359 Å². The highest BCUT2D eigenvalue weighted by molar-refractivity contribution is 6.35. The highest BCUT2D eigenvalue weighted by Crippen LogP contribution is 2.45. The molecule has 308 valence electrons. The van der Waals surface area contributed by atoms with E-state index in [1.54, 1.807) is 12.1 Å². The zero-order valence-corrected chi connectivity index (χ0v) is 36.4. The molecular formula is C48H47Cl2N5O5. The SMILES string of the molecule is COC(=O)c1ccc2c(c1)c(N1C[C@@H](C)n3c(c(CCCOc4cc(C)c(Cl)c(C)c4)c4ccc(Cl)c(-c5c(C)nc(COCc6ccccc6)nc5C)c43)C1=O)cn2C. The van der Waals surface area contributed by atoms with Gasteiger partial charge in [-0.25, -0.2) is 14.8 Å². The van der Waals surface area contributed by atoms with Crippen molar-refractivity contribution in [1.29, 1.82) is 0 Å². The lowest BCUT2D eigenvalue weighted by Crippen LogP contribution is -2.42. The second-order valence-corrected chi connectivity index (χ2v) is 16.4. The summed E-state index contributed by atoms with van der Waals surface area (Å²) in [6.45, 7) is 11.5. The Morgan fingerprint density at radius 2 is 1.60 bits per heavy atom. The summed E-state index contributed by atoms with van der Waals surface area (Å²) in [7, 11) is 3.30. The van der Waals surface area contributed by atoms with Crippen molar-refractivity contribution < 1.29 is 23.8 Å². The van der Waals surface area contributed by atoms with Crippen molar-refractivity contribution in [3.8, 4) is 16.9 Å². The van der Waals surface area contributed by atoms with Gasteiger partial charge in [0, 0.05) is 69.7 Å². The molecule has 1 atom stereocenters. The smallest absolute Gasteiger partial charge is 0.337 e. The number of hydrogen-bond acceptors (Lipinski definition) is 7. The number of benzene rings is 4. The lowest BCUT2D eigenvalue weighted by Gasteiger charge is -2.34. The van der Waals surface area contributed by atoms with Crippen molar-refractivity contribution in [1.82, 2.24) is 19.1 Å². The maximum absolute atomic E-state index is 15.2. The molecule has 1 amide bonds. The predicted octanol–water partition coefficient (Wildman–Crippen LogP) is 10.9. The van der Waals surface area contributed by atoms with Crippen molar-refractivity contribution in [2.45, 2.75) is 66.7 Å². The molecule has 0 fully saturated rings. The molecule has 0 saturated heterocycles. The van der Waals surface area contributed by atoms with Crippen molar-refractivity contribution in [3.63, 3.8) is 0 Å². The van der Waals surface area contributed by atoms with E-state index in [9.17, 15) is 4.79 Å². The van der Waals surface area contributed by atoms with E-state index in [-0.39, 0.29) is 18.6 Å². The summed E-state index contributed by atoms with van der Waals surface area (Å²) in [5.41, 5.74) is 10.5. The minimum Gasteiger partial charge on any atom is -0.494 e. The molecule has 7 aromatic rings. The molecule has 4 aromatic carbocycles. The van der Waals surface area contributed by atoms with Gasteiger partial charge in [-0.1, -0.05) is 59.6 Å². The van der Waals surface area contributed by atoms with Crippen molar-refractivity contribution >= 4 is 62.6 Å². The highest BCUT2D eigenvalue weighted by Gasteiger charge is 2.37. The number of carbonyl (C=O) groups is 2. The topological polar surface area (TPSA) is 101 Å². The predicted molar refractivity (Wildman–Crippen MR) is 238 cm³/mol. The number of aryl methyl sites for hydroxylation is 6. The molecule has 0 saturated carbocycles. The molecule has 0 spiro atoms. The van der Waals surface area contributed by atoms with Crippen molar-refractivity contribution in [2.24, 2.45) is 7.05 Å². The van der Waals surface area contributed by atoms with E-state index in [4.69, 9.17) is 47.4 Å². The fourth-order valence-corrected chi connectivity index (χ4v) is 9.04. The van der Waals surface area contributed by atoms with E-state index in [2.05, 4.69) is 11.5 Å². The van der Waals surface area contributed by atoms with Gasteiger partial charge < -0.3 is 28.2 Å². The molecule has 4 heterocycles. The Morgan fingerprint density at radius 3 is 2.30 bits per heavy atom. The second-order valence-electron chi connectivity index (χ2n) is 15.6. The van der Waals surface area contributed by atoms with Crippen LogP contribution >= 0.6 is 23.2 Å². The van der Waals surface area contributed by atoms with Crippen LogP contribution in [0, 0.1) is 27.7 Å². The summed E-state index contributed by atoms with van der Waals surface area (Å²) in [5.74, 6) is 0.759. The Kier molecular flexibility index (Phi) is 11.5. The zero-order valence-electron chi connectivity index (χ0n) is 34.9. The Bertz CT molecular complexity index is 2770. The third kappa shape index (κ3) is 7.53. The Balaban J connectivity index is 1.22. The Morgan fingerprint density at radius 1 is 0.883 bits per heavy atom. The number of anilines is 1. The minimum atomic E-state index is -0.440. The summed E-state index contributed by atoms with van der Waals surface area (Å²) in [4.78, 5) is 39.6. The van der Waals surface area contributed by atoms with Gasteiger partial charge in [0.25, 0.3) is 5.91 Å². The van der Waals surface area contributed by atoms with Crippen LogP contribution in [0.15, 0.2) is 79.0 Å². The first-order valence-corrected chi connectivity index (χ1v) is 20.8. The van der Waals surface area contributed by atoms with Crippen LogP contribution in [0.2, 0.25) is 10.0 Å². The van der Waals surface area contributed by atoms with Crippen molar-refractivity contribution in [3.05, 3.63) is 140 Å². The molecule has 1 aliphatic rings. The lowest BCUT2D eigenvalue weighted by molar-refractivity contribution is 0.0600. The molecule has 60 heavy (non-hydrogen) atoms. The average Bonchev–Trinajstić information content (AvgIpc) is 3.74. The van der Waals surface area contributed by atoms with Crippen LogP contribution in [0.5, 0.6) is 5.75 Å². The van der Waals surface area contributed by atoms with Crippen LogP contribution < -0.4 is 9.64 Å². The van der Waals surface area contributed by atoms with Gasteiger partial charge in [0.2, 0.25) is 0 Å². The lowest BCUT2D eigenvalue weighted by atomic mass is 9.97. The van der Waals surface area contributed by atoms with Crippen LogP contribution in [-0.4, -0.2) is 51.2 Å². The standard InChI is InChI=1S/C48H47Cl2N5O5/c1-27-20-34(21-28(2)44(27)50)60-19-11-14-35-36-16-17-38(49)43(42-30(4)51-41(52-31(42)5)26-59-25-32-12-9-8-10-13-32)45(36)55-29(3)23-54(47(56)46(35)55)40-24-53(6)39-18-15-33(22-37(39)40)48(57)58-7/h8-10,12-13,15-18,20-22,24,29H,11,14,19,23,25-26H2,1-7H3/t29-/m1/s1. The summed E-state index contributed by atoms with van der Waals surface area (Å²) >= 11 is 13.7. The van der Waals surface area contributed by atoms with E-state index in [1.807, 2.05) is 111 Å². The molecule has 0 bridgehead atoms. The van der Waals surface area contributed by atoms with Crippen LogP contribution in [0.1, 0.15) is 79.7 Å². The number of esters is 1. The van der Waals surface area contributed by atoms with E-state index >= 15 is 4.79 Å². The maximum Gasteiger partial charge on any atom is 0.337 e. The molecule has 10 nitrogen and oxygen atoms in total. The summed E-state index contributed by atoms with van der Waals surface area (Å²) in [6.07, 6.45) is 3.16. The first-order valence-electron chi connectivity index (χ1n) is 20.1. The number of fused-ring (bicyclic) bond motifs is 4. The van der Waals surface area contributed by atoms with Gasteiger partial charge in [-0.2, -0.15) is 0 Å². The first-order chi connectivity index (χ1) is 28.9. The number of ether oxygens (including phenoxy) is 3. The molecule has 3 aromatic heterocycles. The van der Waals surface area contributed by atoms with Gasteiger partial charge in [0.05, 0.1) is 42.1 Å². The third-order valence-electron chi connectivity index (χ3n) is 11.4. The first kappa shape index (κ1) is 41.1. The summed E-state index contributed by atoms with van der Waals surface area (Å²) < 4.78 is 21.5. The number of aromatic nitrogens is 4. The van der Waals surface area contributed by atoms with Gasteiger partial charge in [-0.15, -0.1) is 0 Å². The molecule has 0 aliphatic carbocycles. The van der Waals surface area contributed by atoms with Crippen molar-refractivity contribution in [2.75, 3.05) is 25.2 Å². The average molecular weight is 845 g/mol. The number of hydrogen-bond donors (Lipinski definition) is 0. The number of nitrogens with zero attached hydrogens (tertiary/aromatic N) is 5. The van der Waals surface area contributed by atoms with E-state index in [0.717, 1.165) is 83.0 Å². The molecule has 12 heteroatoms. The molecule has 0 radical (unpaired) electrons. The number of halogens is 2. The fraction of sp³-hybridized carbons (Fsp3) is 0.292. The summed E-state index contributed by atoms with van der Waals surface area (Å²) in [5, 5.41) is 3.00. The third-order valence-corrected chi connectivity index (χ3v) is 12.3. The number of rotatable bonds is 12. The van der Waals surface area contributed by atoms with Crippen LogP contribution in [0.25, 0.3) is 32.9 Å². The van der Waals surface area contributed by atoms with E-state index in [0.29, 0.717) is 54.7 Å². The molecular weight excluding hydrogens is 797 g/mol. The fourth-order valence-electron chi connectivity index (χ4n) is 8.68. The number of amides is 1. The minimum absolute atomic E-state index is 0.141. The van der Waals surface area contributed by atoms with Gasteiger partial charge in [-0.05, 0) is 106 Å². The van der Waals surface area contributed by atoms with Crippen LogP contribution in [0.4, 0.5) is 5.69 Å². The molecule has 1 aliphatic heterocycles. The molecule has 0 N–H and O–H groups in total.